The molecule has 2 amide bonds. The number of ether oxygens (including phenoxy) is 1. The molecule has 0 aromatic heterocycles. The van der Waals surface area contributed by atoms with E-state index in [4.69, 9.17) is 15.0 Å². The molecule has 0 aliphatic heterocycles. The largest absolute Gasteiger partial charge is 0.445 e. The molecule has 28 heavy (non-hydrogen) atoms. The van der Waals surface area contributed by atoms with Crippen LogP contribution in [0.3, 0.4) is 0 Å². The molecule has 0 heterocycles. The van der Waals surface area contributed by atoms with Gasteiger partial charge in [-0.15, -0.1) is 0 Å². The fraction of sp³-hybridized carbons (Fsp3) is 0.176. The van der Waals surface area contributed by atoms with Crippen molar-refractivity contribution in [2.45, 2.75) is 6.61 Å². The lowest BCUT2D eigenvalue weighted by atomic mass is 9.98. The summed E-state index contributed by atoms with van der Waals surface area (Å²) in [4.78, 5) is 23.2. The Kier molecular flexibility index (Phi) is 6.65. The zero-order valence-corrected chi connectivity index (χ0v) is 15.1. The number of carbonyl (C=O) groups is 2. The molecule has 0 saturated heterocycles. The molecule has 0 unspecified atom stereocenters. The van der Waals surface area contributed by atoms with E-state index in [0.29, 0.717) is 6.07 Å². The van der Waals surface area contributed by atoms with Gasteiger partial charge < -0.3 is 15.8 Å². The number of rotatable bonds is 7. The smallest absolute Gasteiger partial charge is 0.407 e. The standard InChI is InChI=1S/C17H16F2N2O6S/c18-12-3-4-13(15(19)8-12)10-1-2-11(14(7-10)16(20)22)9-27-17(23)21-5-6-28(24,25)26/h1-4,7-8H,5-6,9H2,(H2,20,22)(H,21,23)(H,24,25,26). The Balaban J connectivity index is 2.13. The van der Waals surface area contributed by atoms with Crippen LogP contribution < -0.4 is 11.1 Å². The molecule has 0 fully saturated rings. The summed E-state index contributed by atoms with van der Waals surface area (Å²) in [5.74, 6) is -3.11. The van der Waals surface area contributed by atoms with Gasteiger partial charge in [0.05, 0.1) is 5.75 Å². The Morgan fingerprint density at radius 1 is 1.14 bits per heavy atom. The molecule has 8 nitrogen and oxygen atoms in total. The second kappa shape index (κ2) is 8.76. The quantitative estimate of drug-likeness (QED) is 0.592. The highest BCUT2D eigenvalue weighted by atomic mass is 32.2. The lowest BCUT2D eigenvalue weighted by molar-refractivity contribution is 0.0993. The molecule has 0 saturated carbocycles. The maximum Gasteiger partial charge on any atom is 0.407 e. The summed E-state index contributed by atoms with van der Waals surface area (Å²) in [6.07, 6.45) is -0.979. The van der Waals surface area contributed by atoms with E-state index < -0.39 is 39.5 Å². The molecule has 11 heteroatoms. The van der Waals surface area contributed by atoms with E-state index >= 15 is 0 Å². The molecule has 0 spiro atoms. The fourth-order valence-corrected chi connectivity index (χ4v) is 2.66. The van der Waals surface area contributed by atoms with E-state index in [9.17, 15) is 26.8 Å². The molecule has 0 aliphatic carbocycles. The van der Waals surface area contributed by atoms with E-state index in [2.05, 4.69) is 5.32 Å². The average Bonchev–Trinajstić information content (AvgIpc) is 2.58. The first-order valence-corrected chi connectivity index (χ1v) is 9.41. The average molecular weight is 414 g/mol. The van der Waals surface area contributed by atoms with Gasteiger partial charge >= 0.3 is 6.09 Å². The Morgan fingerprint density at radius 2 is 1.86 bits per heavy atom. The van der Waals surface area contributed by atoms with Crippen molar-refractivity contribution >= 4 is 22.1 Å². The van der Waals surface area contributed by atoms with Crippen LogP contribution in [0.4, 0.5) is 13.6 Å². The van der Waals surface area contributed by atoms with Gasteiger partial charge in [0.15, 0.2) is 0 Å². The molecule has 150 valence electrons. The van der Waals surface area contributed by atoms with Crippen LogP contribution in [0.5, 0.6) is 0 Å². The minimum Gasteiger partial charge on any atom is -0.445 e. The van der Waals surface area contributed by atoms with Crippen LogP contribution in [0.1, 0.15) is 15.9 Å². The number of nitrogens with two attached hydrogens (primary N) is 1. The molecular formula is C17H16F2N2O6S. The predicted molar refractivity (Wildman–Crippen MR) is 94.9 cm³/mol. The number of carbonyl (C=O) groups excluding carboxylic acids is 2. The van der Waals surface area contributed by atoms with Crippen molar-refractivity contribution in [3.8, 4) is 11.1 Å². The van der Waals surface area contributed by atoms with E-state index in [1.807, 2.05) is 0 Å². The van der Waals surface area contributed by atoms with Gasteiger partial charge in [0.25, 0.3) is 10.1 Å². The van der Waals surface area contributed by atoms with E-state index in [1.165, 1.54) is 24.3 Å². The Hall–Kier alpha value is -3.05. The number of nitrogens with one attached hydrogen (secondary N) is 1. The first kappa shape index (κ1) is 21.3. The van der Waals surface area contributed by atoms with Gasteiger partial charge in [-0.3, -0.25) is 9.35 Å². The minimum absolute atomic E-state index is 0.0352. The summed E-state index contributed by atoms with van der Waals surface area (Å²) in [6, 6.07) is 7.10. The molecule has 2 aromatic rings. The van der Waals surface area contributed by atoms with E-state index in [-0.39, 0.29) is 35.4 Å². The summed E-state index contributed by atoms with van der Waals surface area (Å²) in [5, 5.41) is 2.11. The van der Waals surface area contributed by atoms with Crippen LogP contribution in [0.25, 0.3) is 11.1 Å². The number of benzene rings is 2. The van der Waals surface area contributed by atoms with E-state index in [1.54, 1.807) is 0 Å². The van der Waals surface area contributed by atoms with Crippen molar-refractivity contribution < 1.29 is 36.1 Å². The first-order chi connectivity index (χ1) is 13.1. The molecule has 2 rings (SSSR count). The number of primary amides is 1. The predicted octanol–water partition coefficient (Wildman–Crippen LogP) is 1.84. The maximum atomic E-state index is 13.9. The summed E-state index contributed by atoms with van der Waals surface area (Å²) in [7, 11) is -4.23. The van der Waals surface area contributed by atoms with Crippen molar-refractivity contribution in [1.82, 2.24) is 5.32 Å². The van der Waals surface area contributed by atoms with Gasteiger partial charge in [-0.2, -0.15) is 8.42 Å². The van der Waals surface area contributed by atoms with E-state index in [0.717, 1.165) is 6.07 Å². The van der Waals surface area contributed by atoms with Gasteiger partial charge in [-0.25, -0.2) is 13.6 Å². The second-order valence-corrected chi connectivity index (χ2v) is 7.22. The summed E-state index contributed by atoms with van der Waals surface area (Å²) in [5.41, 5.74) is 5.83. The molecule has 2 aromatic carbocycles. The van der Waals surface area contributed by atoms with Crippen LogP contribution in [0, 0.1) is 11.6 Å². The lowest BCUT2D eigenvalue weighted by Crippen LogP contribution is -2.29. The molecule has 4 N–H and O–H groups in total. The van der Waals surface area contributed by atoms with Crippen LogP contribution in [0.2, 0.25) is 0 Å². The number of hydrogen-bond acceptors (Lipinski definition) is 5. The van der Waals surface area contributed by atoms with Gasteiger partial charge in [-0.05, 0) is 23.8 Å². The van der Waals surface area contributed by atoms with Crippen LogP contribution in [-0.4, -0.2) is 37.3 Å². The summed E-state index contributed by atoms with van der Waals surface area (Å²) < 4.78 is 61.5. The molecule has 0 aliphatic rings. The number of halogens is 2. The Morgan fingerprint density at radius 3 is 2.46 bits per heavy atom. The topological polar surface area (TPSA) is 136 Å². The third-order valence-electron chi connectivity index (χ3n) is 3.61. The molecule has 0 radical (unpaired) electrons. The first-order valence-electron chi connectivity index (χ1n) is 7.81. The van der Waals surface area contributed by atoms with Crippen molar-refractivity contribution in [2.75, 3.05) is 12.3 Å². The second-order valence-electron chi connectivity index (χ2n) is 5.65. The zero-order valence-electron chi connectivity index (χ0n) is 14.3. The lowest BCUT2D eigenvalue weighted by Gasteiger charge is -2.11. The summed E-state index contributed by atoms with van der Waals surface area (Å²) in [6.45, 7) is -0.745. The highest BCUT2D eigenvalue weighted by Crippen LogP contribution is 2.26. The zero-order chi connectivity index (χ0) is 20.9. The molecule has 0 bridgehead atoms. The van der Waals surface area contributed by atoms with Crippen molar-refractivity contribution in [3.63, 3.8) is 0 Å². The van der Waals surface area contributed by atoms with Gasteiger partial charge in [-0.1, -0.05) is 12.1 Å². The van der Waals surface area contributed by atoms with Crippen LogP contribution in [0.15, 0.2) is 36.4 Å². The SMILES string of the molecule is NC(=O)c1cc(-c2ccc(F)cc2F)ccc1COC(=O)NCCS(=O)(=O)O. The van der Waals surface area contributed by atoms with Crippen LogP contribution in [-0.2, 0) is 21.5 Å². The summed E-state index contributed by atoms with van der Waals surface area (Å²) >= 11 is 0. The van der Waals surface area contributed by atoms with Gasteiger partial charge in [0, 0.05) is 29.3 Å². The van der Waals surface area contributed by atoms with Gasteiger partial charge in [0.1, 0.15) is 18.2 Å². The Bertz CT molecular complexity index is 1010. The van der Waals surface area contributed by atoms with Crippen molar-refractivity contribution in [1.29, 1.82) is 0 Å². The number of alkyl carbamates (subject to hydrolysis) is 1. The van der Waals surface area contributed by atoms with Crippen LogP contribution >= 0.6 is 0 Å². The van der Waals surface area contributed by atoms with Crippen molar-refractivity contribution in [3.05, 3.63) is 59.2 Å². The highest BCUT2D eigenvalue weighted by molar-refractivity contribution is 7.85. The highest BCUT2D eigenvalue weighted by Gasteiger charge is 2.15. The number of hydrogen-bond donors (Lipinski definition) is 3. The van der Waals surface area contributed by atoms with Crippen molar-refractivity contribution in [2.24, 2.45) is 5.73 Å². The normalized spacial score (nSPS) is 11.1. The molecule has 0 atom stereocenters. The third kappa shape index (κ3) is 5.99. The number of amides is 2. The third-order valence-corrected chi connectivity index (χ3v) is 4.33. The monoisotopic (exact) mass is 414 g/mol. The van der Waals surface area contributed by atoms with Gasteiger partial charge in [0.2, 0.25) is 5.91 Å². The minimum atomic E-state index is -4.23. The molecular weight excluding hydrogens is 398 g/mol. The fourth-order valence-electron chi connectivity index (χ4n) is 2.30. The Labute approximate surface area is 159 Å². The maximum absolute atomic E-state index is 13.9.